The zero-order valence-corrected chi connectivity index (χ0v) is 26.7. The first kappa shape index (κ1) is 30.8. The van der Waals surface area contributed by atoms with Gasteiger partial charge in [0, 0.05) is 80.0 Å². The number of aromatic hydroxyl groups is 1. The topological polar surface area (TPSA) is 119 Å². The molecule has 1 aliphatic carbocycles. The number of hydrogen-bond donors (Lipinski definition) is 4. The van der Waals surface area contributed by atoms with E-state index in [0.717, 1.165) is 63.0 Å². The van der Waals surface area contributed by atoms with Gasteiger partial charge in [0.05, 0.1) is 5.69 Å². The predicted octanol–water partition coefficient (Wildman–Crippen LogP) is 5.14. The Kier molecular flexibility index (Phi) is 9.12. The number of para-hydroxylation sites is 1. The summed E-state index contributed by atoms with van der Waals surface area (Å²) >= 11 is 0. The van der Waals surface area contributed by atoms with Crippen LogP contribution in [0.3, 0.4) is 0 Å². The number of hydrogen-bond acceptors (Lipinski definition) is 8. The average Bonchev–Trinajstić information content (AvgIpc) is 3.38. The summed E-state index contributed by atoms with van der Waals surface area (Å²) in [5.74, 6) is 0.224. The van der Waals surface area contributed by atoms with Crippen molar-refractivity contribution >= 4 is 17.1 Å². The van der Waals surface area contributed by atoms with Gasteiger partial charge in [-0.2, -0.15) is 0 Å². The quantitative estimate of drug-likeness (QED) is 0.274. The third-order valence-electron chi connectivity index (χ3n) is 9.70. The number of aromatic amines is 1. The van der Waals surface area contributed by atoms with E-state index in [1.165, 1.54) is 36.9 Å². The molecular weight excluding hydrogens is 554 g/mol. The maximum atomic E-state index is 12.3. The zero-order chi connectivity index (χ0) is 30.8. The number of aromatic nitrogens is 3. The number of ether oxygens (including phenoxy) is 1. The molecule has 1 saturated heterocycles. The molecule has 1 atom stereocenters. The van der Waals surface area contributed by atoms with E-state index in [4.69, 9.17) is 4.74 Å². The van der Waals surface area contributed by atoms with Gasteiger partial charge in [-0.3, -0.25) is 4.90 Å². The number of phenols is 1. The number of H-pyrrole nitrogens is 1. The average molecular weight is 604 g/mol. The van der Waals surface area contributed by atoms with E-state index in [-0.39, 0.29) is 11.8 Å². The molecule has 0 bridgehead atoms. The van der Waals surface area contributed by atoms with Gasteiger partial charge in [0.15, 0.2) is 5.65 Å². The van der Waals surface area contributed by atoms with Crippen molar-refractivity contribution in [3.63, 3.8) is 0 Å². The number of likely N-dealkylation sites (tertiary alicyclic amines) is 1. The fourth-order valence-corrected chi connectivity index (χ4v) is 7.41. The molecule has 10 heteroatoms. The standard InChI is InChI=1S/C34H49N7O3/c1-22-31-27-21-29(26-7-5-6-8-30(26)42)38-39-32(27)37-28(31)15-20-41(22)25-11-9-23(10-12-25)35-16-17-36-24-13-18-40(19-14-24)33(43)44-34(2,3)4/h5-8,21-25,35-36,42H,9-20H2,1-4H3,(H,37,39)/t22-,23-,25+/m1/s1. The van der Waals surface area contributed by atoms with Crippen LogP contribution < -0.4 is 10.6 Å². The van der Waals surface area contributed by atoms with Crippen molar-refractivity contribution in [3.8, 4) is 17.0 Å². The summed E-state index contributed by atoms with van der Waals surface area (Å²) in [6.07, 6.45) is 7.55. The van der Waals surface area contributed by atoms with E-state index in [9.17, 15) is 9.90 Å². The molecule has 4 N–H and O–H groups in total. The van der Waals surface area contributed by atoms with Gasteiger partial charge in [-0.05, 0) is 90.0 Å². The highest BCUT2D eigenvalue weighted by atomic mass is 16.6. The number of nitrogens with zero attached hydrogens (tertiary/aromatic N) is 4. The molecule has 6 rings (SSSR count). The molecule has 0 radical (unpaired) electrons. The maximum absolute atomic E-state index is 12.3. The minimum Gasteiger partial charge on any atom is -0.507 e. The third-order valence-corrected chi connectivity index (χ3v) is 9.70. The highest BCUT2D eigenvalue weighted by molar-refractivity contribution is 5.86. The van der Waals surface area contributed by atoms with Gasteiger partial charge in [0.1, 0.15) is 11.4 Å². The summed E-state index contributed by atoms with van der Waals surface area (Å²) in [5, 5.41) is 27.9. The Labute approximate surface area is 260 Å². The fourth-order valence-electron chi connectivity index (χ4n) is 7.41. The van der Waals surface area contributed by atoms with Crippen molar-refractivity contribution < 1.29 is 14.6 Å². The Morgan fingerprint density at radius 1 is 1.00 bits per heavy atom. The van der Waals surface area contributed by atoms with E-state index in [0.29, 0.717) is 35.4 Å². The summed E-state index contributed by atoms with van der Waals surface area (Å²) in [5.41, 5.74) is 4.40. The van der Waals surface area contributed by atoms with Crippen LogP contribution >= 0.6 is 0 Å². The molecule has 10 nitrogen and oxygen atoms in total. The van der Waals surface area contributed by atoms with Crippen molar-refractivity contribution in [3.05, 3.63) is 41.6 Å². The number of rotatable bonds is 7. The fraction of sp³-hybridized carbons (Fsp3) is 0.618. The summed E-state index contributed by atoms with van der Waals surface area (Å²) < 4.78 is 5.52. The maximum Gasteiger partial charge on any atom is 0.410 e. The predicted molar refractivity (Wildman–Crippen MR) is 173 cm³/mol. The molecule has 44 heavy (non-hydrogen) atoms. The molecule has 4 heterocycles. The van der Waals surface area contributed by atoms with Crippen LogP contribution in [0.1, 0.15) is 83.5 Å². The minimum atomic E-state index is -0.445. The van der Waals surface area contributed by atoms with Crippen LogP contribution in [0.25, 0.3) is 22.3 Å². The van der Waals surface area contributed by atoms with Gasteiger partial charge in [-0.15, -0.1) is 10.2 Å². The molecule has 0 spiro atoms. The van der Waals surface area contributed by atoms with Crippen LogP contribution in [0.15, 0.2) is 30.3 Å². The number of carbonyl (C=O) groups excluding carboxylic acids is 1. The number of phenolic OH excluding ortho intramolecular Hbond substituents is 1. The number of benzene rings is 1. The lowest BCUT2D eigenvalue weighted by atomic mass is 9.87. The summed E-state index contributed by atoms with van der Waals surface area (Å²) in [4.78, 5) is 20.4. The van der Waals surface area contributed by atoms with Gasteiger partial charge in [0.2, 0.25) is 0 Å². The summed E-state index contributed by atoms with van der Waals surface area (Å²) in [6, 6.07) is 11.3. The molecular formula is C34H49N7O3. The van der Waals surface area contributed by atoms with Crippen molar-refractivity contribution in [2.24, 2.45) is 0 Å². The molecule has 1 saturated carbocycles. The number of nitrogens with one attached hydrogen (secondary N) is 3. The Balaban J connectivity index is 0.961. The van der Waals surface area contributed by atoms with Crippen molar-refractivity contribution in [1.82, 2.24) is 35.6 Å². The van der Waals surface area contributed by atoms with Crippen LogP contribution in [-0.2, 0) is 11.2 Å². The second-order valence-corrected chi connectivity index (χ2v) is 13.8. The first-order valence-electron chi connectivity index (χ1n) is 16.5. The zero-order valence-electron chi connectivity index (χ0n) is 26.7. The smallest absolute Gasteiger partial charge is 0.410 e. The molecule has 1 amide bonds. The van der Waals surface area contributed by atoms with E-state index in [1.54, 1.807) is 6.07 Å². The van der Waals surface area contributed by atoms with E-state index >= 15 is 0 Å². The number of fused-ring (bicyclic) bond motifs is 3. The number of amides is 1. The molecule has 3 aromatic rings. The first-order chi connectivity index (χ1) is 21.2. The lowest BCUT2D eigenvalue weighted by Crippen LogP contribution is -2.48. The third kappa shape index (κ3) is 6.87. The highest BCUT2D eigenvalue weighted by Crippen LogP contribution is 2.40. The molecule has 238 valence electrons. The number of carbonyl (C=O) groups is 1. The van der Waals surface area contributed by atoms with Crippen LogP contribution in [-0.4, -0.2) is 92.6 Å². The van der Waals surface area contributed by atoms with Gasteiger partial charge < -0.3 is 30.4 Å². The molecule has 0 unspecified atom stereocenters. The van der Waals surface area contributed by atoms with E-state index in [1.807, 2.05) is 43.9 Å². The Hall–Kier alpha value is -3.21. The minimum absolute atomic E-state index is 0.193. The summed E-state index contributed by atoms with van der Waals surface area (Å²) in [6.45, 7) is 12.6. The first-order valence-corrected chi connectivity index (χ1v) is 16.5. The lowest BCUT2D eigenvalue weighted by molar-refractivity contribution is 0.0198. The van der Waals surface area contributed by atoms with E-state index < -0.39 is 5.60 Å². The van der Waals surface area contributed by atoms with Crippen molar-refractivity contribution in [2.45, 2.75) is 102 Å². The van der Waals surface area contributed by atoms with Crippen molar-refractivity contribution in [2.75, 3.05) is 32.7 Å². The lowest BCUT2D eigenvalue weighted by Gasteiger charge is -2.43. The second-order valence-electron chi connectivity index (χ2n) is 13.8. The van der Waals surface area contributed by atoms with Gasteiger partial charge in [0.25, 0.3) is 0 Å². The monoisotopic (exact) mass is 603 g/mol. The SMILES string of the molecule is C[C@@H]1c2c([nH]c3nnc(-c4ccccc4O)cc23)CCN1[C@H]1CC[C@@H](NCCNC2CCN(C(=O)OC(C)(C)C)CC2)CC1. The molecule has 1 aromatic carbocycles. The Morgan fingerprint density at radius 3 is 2.36 bits per heavy atom. The summed E-state index contributed by atoms with van der Waals surface area (Å²) in [7, 11) is 0. The molecule has 2 aromatic heterocycles. The largest absolute Gasteiger partial charge is 0.507 e. The molecule has 2 fully saturated rings. The Bertz CT molecular complexity index is 1430. The van der Waals surface area contributed by atoms with Gasteiger partial charge >= 0.3 is 6.09 Å². The molecule has 2 aliphatic heterocycles. The van der Waals surface area contributed by atoms with Crippen LogP contribution in [0.5, 0.6) is 5.75 Å². The van der Waals surface area contributed by atoms with E-state index in [2.05, 4.69) is 43.7 Å². The van der Waals surface area contributed by atoms with Gasteiger partial charge in [-0.1, -0.05) is 12.1 Å². The normalized spacial score (nSPS) is 23.5. The Morgan fingerprint density at radius 2 is 1.68 bits per heavy atom. The highest BCUT2D eigenvalue weighted by Gasteiger charge is 2.34. The number of piperidine rings is 1. The van der Waals surface area contributed by atoms with Crippen molar-refractivity contribution in [1.29, 1.82) is 0 Å². The second kappa shape index (κ2) is 13.0. The van der Waals surface area contributed by atoms with Crippen LogP contribution in [0.2, 0.25) is 0 Å². The van der Waals surface area contributed by atoms with Crippen LogP contribution in [0.4, 0.5) is 4.79 Å². The molecule has 3 aliphatic rings. The van der Waals surface area contributed by atoms with Gasteiger partial charge in [-0.25, -0.2) is 4.79 Å². The van der Waals surface area contributed by atoms with Crippen LogP contribution in [0, 0.1) is 0 Å².